The lowest BCUT2D eigenvalue weighted by molar-refractivity contribution is -0.112. The summed E-state index contributed by atoms with van der Waals surface area (Å²) in [6, 6.07) is 6.81. The molecule has 4 rings (SSSR count). The van der Waals surface area contributed by atoms with E-state index in [0.717, 1.165) is 55.4 Å². The van der Waals surface area contributed by atoms with Crippen LogP contribution in [0.3, 0.4) is 0 Å². The van der Waals surface area contributed by atoms with Crippen LogP contribution in [-0.4, -0.2) is 16.6 Å². The number of pyridine rings is 1. The van der Waals surface area contributed by atoms with E-state index in [1.807, 2.05) is 12.1 Å². The molecule has 1 saturated carbocycles. The summed E-state index contributed by atoms with van der Waals surface area (Å²) >= 11 is 0. The molecule has 3 unspecified atom stereocenters. The molecule has 1 aromatic heterocycles. The van der Waals surface area contributed by atoms with Crippen LogP contribution in [0.25, 0.3) is 0 Å². The Morgan fingerprint density at radius 3 is 2.82 bits per heavy atom. The van der Waals surface area contributed by atoms with Crippen molar-refractivity contribution >= 4 is 17.3 Å². The number of benzene rings is 1. The molecule has 1 aromatic carbocycles. The van der Waals surface area contributed by atoms with Crippen LogP contribution in [0.4, 0.5) is 14.5 Å². The number of anilines is 1. The maximum Gasteiger partial charge on any atom is 0.251 e. The van der Waals surface area contributed by atoms with Gasteiger partial charge in [-0.2, -0.15) is 0 Å². The lowest BCUT2D eigenvalue weighted by atomic mass is 9.69. The summed E-state index contributed by atoms with van der Waals surface area (Å²) in [6.07, 6.45) is 12.2. The first-order chi connectivity index (χ1) is 15.9. The highest BCUT2D eigenvalue weighted by molar-refractivity contribution is 6.08. The molecule has 1 aliphatic heterocycles. The average Bonchev–Trinajstić information content (AvgIpc) is 2.77. The van der Waals surface area contributed by atoms with Crippen LogP contribution in [0.1, 0.15) is 61.6 Å². The second-order valence-electron chi connectivity index (χ2n) is 9.13. The van der Waals surface area contributed by atoms with Gasteiger partial charge in [-0.05, 0) is 78.8 Å². The van der Waals surface area contributed by atoms with E-state index < -0.39 is 17.6 Å². The molecular formula is C27H29F2N3O. The molecule has 0 spiro atoms. The fraction of sp³-hybridized carbons (Fsp3) is 0.370. The third-order valence-corrected chi connectivity index (χ3v) is 6.71. The maximum absolute atomic E-state index is 14.8. The van der Waals surface area contributed by atoms with Crippen molar-refractivity contribution in [3.8, 4) is 0 Å². The molecule has 1 fully saturated rings. The minimum atomic E-state index is -0.808. The van der Waals surface area contributed by atoms with Gasteiger partial charge in [0.2, 0.25) is 0 Å². The second kappa shape index (κ2) is 10.2. The summed E-state index contributed by atoms with van der Waals surface area (Å²) in [7, 11) is 0. The molecular weight excluding hydrogens is 420 g/mol. The van der Waals surface area contributed by atoms with Crippen molar-refractivity contribution in [2.75, 3.05) is 5.32 Å². The van der Waals surface area contributed by atoms with Gasteiger partial charge in [-0.15, -0.1) is 0 Å². The molecule has 172 valence electrons. The normalized spacial score (nSPS) is 26.0. The Balaban J connectivity index is 1.80. The van der Waals surface area contributed by atoms with E-state index in [-0.39, 0.29) is 17.2 Å². The number of hydrogen-bond donors (Lipinski definition) is 2. The zero-order valence-corrected chi connectivity index (χ0v) is 18.8. The molecule has 0 radical (unpaired) electrons. The lowest BCUT2D eigenvalue weighted by Crippen LogP contribution is -2.25. The van der Waals surface area contributed by atoms with E-state index in [9.17, 15) is 13.6 Å². The summed E-state index contributed by atoms with van der Waals surface area (Å²) in [4.78, 5) is 16.6. The van der Waals surface area contributed by atoms with Crippen molar-refractivity contribution < 1.29 is 13.6 Å². The maximum atomic E-state index is 14.8. The minimum Gasteiger partial charge on any atom is -0.321 e. The highest BCUT2D eigenvalue weighted by atomic mass is 19.1. The molecule has 0 saturated heterocycles. The smallest absolute Gasteiger partial charge is 0.251 e. The monoisotopic (exact) mass is 449 g/mol. The van der Waals surface area contributed by atoms with E-state index in [4.69, 9.17) is 5.41 Å². The van der Waals surface area contributed by atoms with Gasteiger partial charge in [0.1, 0.15) is 11.6 Å². The summed E-state index contributed by atoms with van der Waals surface area (Å²) < 4.78 is 29.2. The zero-order valence-electron chi connectivity index (χ0n) is 18.8. The third-order valence-electron chi connectivity index (χ3n) is 6.71. The first-order valence-electron chi connectivity index (χ1n) is 11.6. The van der Waals surface area contributed by atoms with Crippen LogP contribution in [0, 0.1) is 23.1 Å². The van der Waals surface area contributed by atoms with Crippen LogP contribution in [-0.2, 0) is 11.2 Å². The summed E-state index contributed by atoms with van der Waals surface area (Å²) in [5, 5.41) is 11.2. The SMILES string of the molecule is CCCC1CC2Cc3cccc(F)c3C(=N)/C=C\C(F)=C\C(=O)Nc3cnccc3C(C1)C2. The predicted octanol–water partition coefficient (Wildman–Crippen LogP) is 6.49. The number of hydrogen-bond acceptors (Lipinski definition) is 3. The van der Waals surface area contributed by atoms with E-state index >= 15 is 0 Å². The van der Waals surface area contributed by atoms with Crippen molar-refractivity contribution in [1.82, 2.24) is 4.98 Å². The fourth-order valence-corrected chi connectivity index (χ4v) is 5.43. The van der Waals surface area contributed by atoms with Crippen LogP contribution >= 0.6 is 0 Å². The van der Waals surface area contributed by atoms with Gasteiger partial charge in [0, 0.05) is 17.8 Å². The van der Waals surface area contributed by atoms with Gasteiger partial charge in [0.05, 0.1) is 17.6 Å². The van der Waals surface area contributed by atoms with Crippen molar-refractivity contribution in [3.05, 3.63) is 83.2 Å². The molecule has 6 heteroatoms. The van der Waals surface area contributed by atoms with Gasteiger partial charge in [0.25, 0.3) is 5.91 Å². The van der Waals surface area contributed by atoms with Gasteiger partial charge < -0.3 is 10.7 Å². The number of allylic oxidation sites excluding steroid dienone is 3. The summed E-state index contributed by atoms with van der Waals surface area (Å²) in [5.74, 6) is -0.835. The van der Waals surface area contributed by atoms with Crippen LogP contribution in [0.2, 0.25) is 0 Å². The molecule has 2 bridgehead atoms. The Morgan fingerprint density at radius 1 is 1.15 bits per heavy atom. The number of nitrogens with one attached hydrogen (secondary N) is 2. The number of nitrogens with zero attached hydrogens (tertiary/aromatic N) is 1. The topological polar surface area (TPSA) is 65.8 Å². The highest BCUT2D eigenvalue weighted by Gasteiger charge is 2.31. The molecule has 2 N–H and O–H groups in total. The van der Waals surface area contributed by atoms with Gasteiger partial charge in [-0.25, -0.2) is 8.78 Å². The number of carbonyl (C=O) groups is 1. The standard InChI is InChI=1S/C27H29F2N3O/c1-2-4-17-11-18-13-19-5-3-6-23(29)27(19)24(30)8-7-21(28)15-26(33)32-25-16-31-10-9-22(25)20(12-17)14-18/h3,5-10,15-18,20,30H,2,4,11-14H2,1H3,(H,32,33)/b8-7-,21-15-,30-24?. The van der Waals surface area contributed by atoms with Crippen LogP contribution in [0.5, 0.6) is 0 Å². The van der Waals surface area contributed by atoms with Crippen molar-refractivity contribution in [3.63, 3.8) is 0 Å². The van der Waals surface area contributed by atoms with E-state index in [1.54, 1.807) is 18.5 Å². The molecule has 33 heavy (non-hydrogen) atoms. The van der Waals surface area contributed by atoms with Crippen molar-refractivity contribution in [1.29, 1.82) is 5.41 Å². The summed E-state index contributed by atoms with van der Waals surface area (Å²) in [5.41, 5.74) is 2.49. The third kappa shape index (κ3) is 5.44. The Kier molecular flexibility index (Phi) is 7.11. The Bertz CT molecular complexity index is 1110. The number of carbonyl (C=O) groups excluding carboxylic acids is 1. The van der Waals surface area contributed by atoms with E-state index in [0.29, 0.717) is 23.9 Å². The highest BCUT2D eigenvalue weighted by Crippen LogP contribution is 2.44. The zero-order chi connectivity index (χ0) is 23.4. The molecule has 2 heterocycles. The quantitative estimate of drug-likeness (QED) is 0.550. The molecule has 4 nitrogen and oxygen atoms in total. The predicted molar refractivity (Wildman–Crippen MR) is 127 cm³/mol. The fourth-order valence-electron chi connectivity index (χ4n) is 5.43. The number of aromatic nitrogens is 1. The van der Waals surface area contributed by atoms with Gasteiger partial charge in [0.15, 0.2) is 0 Å². The molecule has 2 aromatic rings. The molecule has 1 aliphatic carbocycles. The van der Waals surface area contributed by atoms with E-state index in [1.165, 1.54) is 12.1 Å². The van der Waals surface area contributed by atoms with E-state index in [2.05, 4.69) is 17.2 Å². The number of halogens is 2. The summed E-state index contributed by atoms with van der Waals surface area (Å²) in [6.45, 7) is 2.19. The minimum absolute atomic E-state index is 0.105. The first-order valence-corrected chi connectivity index (χ1v) is 11.6. The van der Waals surface area contributed by atoms with Crippen molar-refractivity contribution in [2.24, 2.45) is 11.8 Å². The number of rotatable bonds is 2. The lowest BCUT2D eigenvalue weighted by Gasteiger charge is -2.36. The van der Waals surface area contributed by atoms with Crippen molar-refractivity contribution in [2.45, 2.75) is 51.4 Å². The van der Waals surface area contributed by atoms with Crippen LogP contribution < -0.4 is 5.32 Å². The Labute approximate surface area is 193 Å². The molecule has 2 aliphatic rings. The largest absolute Gasteiger partial charge is 0.321 e. The van der Waals surface area contributed by atoms with Gasteiger partial charge in [-0.3, -0.25) is 9.78 Å². The Morgan fingerprint density at radius 2 is 2.00 bits per heavy atom. The Hall–Kier alpha value is -3.15. The number of fused-ring (bicyclic) bond motifs is 5. The molecule has 3 atom stereocenters. The van der Waals surface area contributed by atoms with Gasteiger partial charge in [-0.1, -0.05) is 31.9 Å². The van der Waals surface area contributed by atoms with Crippen LogP contribution in [0.15, 0.2) is 60.7 Å². The number of amides is 1. The van der Waals surface area contributed by atoms with Gasteiger partial charge >= 0.3 is 0 Å². The average molecular weight is 450 g/mol. The first kappa shape index (κ1) is 23.0. The molecule has 1 amide bonds. The second-order valence-corrected chi connectivity index (χ2v) is 9.13.